The van der Waals surface area contributed by atoms with Crippen molar-refractivity contribution in [3.63, 3.8) is 0 Å². The predicted molar refractivity (Wildman–Crippen MR) is 113 cm³/mol. The number of methoxy groups -OCH3 is 1. The highest BCUT2D eigenvalue weighted by Crippen LogP contribution is 2.12. The largest absolute Gasteiger partial charge is 0.469 e. The van der Waals surface area contributed by atoms with Crippen molar-refractivity contribution in [2.45, 2.75) is 58.0 Å². The molecule has 0 bridgehead atoms. The van der Waals surface area contributed by atoms with Crippen molar-refractivity contribution >= 4 is 11.9 Å². The van der Waals surface area contributed by atoms with Gasteiger partial charge in [-0.1, -0.05) is 61.9 Å². The first-order valence-corrected chi connectivity index (χ1v) is 9.98. The monoisotopic (exact) mass is 384 g/mol. The smallest absolute Gasteiger partial charge is 0.338 e. The maximum Gasteiger partial charge on any atom is 0.338 e. The third-order valence-electron chi connectivity index (χ3n) is 4.08. The lowest BCUT2D eigenvalue weighted by Crippen LogP contribution is -2.16. The summed E-state index contributed by atoms with van der Waals surface area (Å²) in [5.41, 5.74) is 0.534. The van der Waals surface area contributed by atoms with Gasteiger partial charge in [0, 0.05) is 6.42 Å². The molecule has 0 radical (unpaired) electrons. The average molecular weight is 385 g/mol. The van der Waals surface area contributed by atoms with E-state index in [1.165, 1.54) is 7.11 Å². The summed E-state index contributed by atoms with van der Waals surface area (Å²) < 4.78 is 10.3. The van der Waals surface area contributed by atoms with E-state index in [9.17, 15) is 9.59 Å². The quantitative estimate of drug-likeness (QED) is 0.186. The number of hydrogen-bond acceptors (Lipinski definition) is 4. The van der Waals surface area contributed by atoms with Crippen molar-refractivity contribution in [1.29, 1.82) is 0 Å². The predicted octanol–water partition coefficient (Wildman–Crippen LogP) is 5.80. The van der Waals surface area contributed by atoms with E-state index in [0.717, 1.165) is 25.7 Å². The Morgan fingerprint density at radius 3 is 2.54 bits per heavy atom. The molecule has 1 aromatic rings. The van der Waals surface area contributed by atoms with E-state index in [0.29, 0.717) is 24.8 Å². The molecule has 0 aliphatic heterocycles. The summed E-state index contributed by atoms with van der Waals surface area (Å²) in [6, 6.07) is 8.96. The highest BCUT2D eigenvalue weighted by atomic mass is 16.5. The SMILES string of the molecule is CCC/C=C\C/C=C/C=C/[C@H](CCCCC(=O)OC)OC(=O)c1ccccc1. The van der Waals surface area contributed by atoms with E-state index in [-0.39, 0.29) is 18.0 Å². The number of allylic oxidation sites excluding steroid dienone is 5. The van der Waals surface area contributed by atoms with Crippen LogP contribution in [0.1, 0.15) is 62.2 Å². The molecule has 152 valence electrons. The molecule has 0 aromatic heterocycles. The highest BCUT2D eigenvalue weighted by molar-refractivity contribution is 5.89. The molecule has 0 fully saturated rings. The second kappa shape index (κ2) is 15.4. The minimum atomic E-state index is -0.338. The topological polar surface area (TPSA) is 52.6 Å². The number of carbonyl (C=O) groups is 2. The molecule has 4 nitrogen and oxygen atoms in total. The summed E-state index contributed by atoms with van der Waals surface area (Å²) in [6.45, 7) is 2.16. The van der Waals surface area contributed by atoms with Crippen molar-refractivity contribution < 1.29 is 19.1 Å². The molecular weight excluding hydrogens is 352 g/mol. The molecule has 4 heteroatoms. The molecule has 1 aromatic carbocycles. The van der Waals surface area contributed by atoms with Gasteiger partial charge < -0.3 is 9.47 Å². The second-order valence-electron chi connectivity index (χ2n) is 6.44. The van der Waals surface area contributed by atoms with Crippen molar-refractivity contribution in [3.8, 4) is 0 Å². The van der Waals surface area contributed by atoms with Crippen molar-refractivity contribution in [2.24, 2.45) is 0 Å². The van der Waals surface area contributed by atoms with Crippen LogP contribution in [0.3, 0.4) is 0 Å². The van der Waals surface area contributed by atoms with Crippen LogP contribution in [0.15, 0.2) is 66.8 Å². The molecule has 0 saturated carbocycles. The molecule has 0 unspecified atom stereocenters. The molecule has 0 aliphatic rings. The zero-order valence-electron chi connectivity index (χ0n) is 17.0. The van der Waals surface area contributed by atoms with Gasteiger partial charge >= 0.3 is 11.9 Å². The lowest BCUT2D eigenvalue weighted by atomic mass is 10.1. The third kappa shape index (κ3) is 11.2. The number of hydrogen-bond donors (Lipinski definition) is 0. The van der Waals surface area contributed by atoms with E-state index in [1.807, 2.05) is 36.4 Å². The van der Waals surface area contributed by atoms with E-state index in [2.05, 4.69) is 29.9 Å². The fourth-order valence-electron chi connectivity index (χ4n) is 2.50. The summed E-state index contributed by atoms with van der Waals surface area (Å²) in [7, 11) is 1.39. The van der Waals surface area contributed by atoms with Gasteiger partial charge in [0.1, 0.15) is 6.10 Å². The molecule has 0 heterocycles. The van der Waals surface area contributed by atoms with Gasteiger partial charge in [0.2, 0.25) is 0 Å². The number of carbonyl (C=O) groups excluding carboxylic acids is 2. The molecule has 0 saturated heterocycles. The number of unbranched alkanes of at least 4 members (excludes halogenated alkanes) is 2. The highest BCUT2D eigenvalue weighted by Gasteiger charge is 2.13. The van der Waals surface area contributed by atoms with Crippen LogP contribution >= 0.6 is 0 Å². The van der Waals surface area contributed by atoms with E-state index >= 15 is 0 Å². The van der Waals surface area contributed by atoms with Crippen LogP contribution in [0.4, 0.5) is 0 Å². The van der Waals surface area contributed by atoms with Gasteiger partial charge in [-0.3, -0.25) is 4.79 Å². The minimum absolute atomic E-state index is 0.215. The molecule has 0 aliphatic carbocycles. The second-order valence-corrected chi connectivity index (χ2v) is 6.44. The number of esters is 2. The van der Waals surface area contributed by atoms with Gasteiger partial charge in [-0.2, -0.15) is 0 Å². The van der Waals surface area contributed by atoms with E-state index in [4.69, 9.17) is 4.74 Å². The fourth-order valence-corrected chi connectivity index (χ4v) is 2.50. The van der Waals surface area contributed by atoms with Crippen LogP contribution < -0.4 is 0 Å². The normalized spacial score (nSPS) is 12.6. The summed E-state index contributed by atoms with van der Waals surface area (Å²) in [5, 5.41) is 0. The summed E-state index contributed by atoms with van der Waals surface area (Å²) in [6.07, 6.45) is 17.5. The van der Waals surface area contributed by atoms with Crippen LogP contribution in [0.5, 0.6) is 0 Å². The Morgan fingerprint density at radius 1 is 1.04 bits per heavy atom. The average Bonchev–Trinajstić information content (AvgIpc) is 2.73. The van der Waals surface area contributed by atoms with Gasteiger partial charge in [0.15, 0.2) is 0 Å². The summed E-state index contributed by atoms with van der Waals surface area (Å²) in [5.74, 6) is -0.554. The maximum absolute atomic E-state index is 12.3. The zero-order chi connectivity index (χ0) is 20.5. The van der Waals surface area contributed by atoms with Gasteiger partial charge in [0.25, 0.3) is 0 Å². The number of rotatable bonds is 13. The van der Waals surface area contributed by atoms with Crippen LogP contribution in [0.2, 0.25) is 0 Å². The lowest BCUT2D eigenvalue weighted by Gasteiger charge is -2.14. The van der Waals surface area contributed by atoms with Gasteiger partial charge in [-0.25, -0.2) is 4.79 Å². The summed E-state index contributed by atoms with van der Waals surface area (Å²) in [4.78, 5) is 23.5. The molecule has 0 N–H and O–H groups in total. The Bertz CT molecular complexity index is 644. The van der Waals surface area contributed by atoms with E-state index < -0.39 is 0 Å². The molecule has 1 rings (SSSR count). The Hall–Kier alpha value is -2.62. The Labute approximate surface area is 168 Å². The molecule has 28 heavy (non-hydrogen) atoms. The minimum Gasteiger partial charge on any atom is -0.469 e. The van der Waals surface area contributed by atoms with Gasteiger partial charge in [0.05, 0.1) is 12.7 Å². The van der Waals surface area contributed by atoms with Gasteiger partial charge in [-0.05, 0) is 50.3 Å². The Balaban J connectivity index is 2.56. The first kappa shape index (κ1) is 23.4. The standard InChI is InChI=1S/C24H32O4/c1-3-4-5-6-7-8-9-13-18-22(19-14-15-20-23(25)27-2)28-24(26)21-16-11-10-12-17-21/h5-6,8-13,16-18,22H,3-4,7,14-15,19-20H2,1-2H3/b6-5-,9-8+,18-13+/t22-/m1/s1. The fraction of sp³-hybridized carbons (Fsp3) is 0.417. The molecule has 0 spiro atoms. The van der Waals surface area contributed by atoms with Crippen LogP contribution in [-0.4, -0.2) is 25.2 Å². The lowest BCUT2D eigenvalue weighted by molar-refractivity contribution is -0.140. The maximum atomic E-state index is 12.3. The van der Waals surface area contributed by atoms with E-state index in [1.54, 1.807) is 12.1 Å². The zero-order valence-corrected chi connectivity index (χ0v) is 17.0. The summed E-state index contributed by atoms with van der Waals surface area (Å²) >= 11 is 0. The third-order valence-corrected chi connectivity index (χ3v) is 4.08. The van der Waals surface area contributed by atoms with Crippen LogP contribution in [0, 0.1) is 0 Å². The Kier molecular flexibility index (Phi) is 12.9. The Morgan fingerprint density at radius 2 is 1.82 bits per heavy atom. The van der Waals surface area contributed by atoms with Crippen molar-refractivity contribution in [3.05, 3.63) is 72.4 Å². The van der Waals surface area contributed by atoms with Crippen molar-refractivity contribution in [2.75, 3.05) is 7.11 Å². The number of benzene rings is 1. The van der Waals surface area contributed by atoms with Crippen LogP contribution in [0.25, 0.3) is 0 Å². The van der Waals surface area contributed by atoms with Crippen molar-refractivity contribution in [1.82, 2.24) is 0 Å². The first-order chi connectivity index (χ1) is 13.7. The molecule has 0 amide bonds. The molecular formula is C24H32O4. The first-order valence-electron chi connectivity index (χ1n) is 9.98. The van der Waals surface area contributed by atoms with Gasteiger partial charge in [-0.15, -0.1) is 0 Å². The molecule has 1 atom stereocenters. The van der Waals surface area contributed by atoms with Crippen LogP contribution in [-0.2, 0) is 14.3 Å². The number of ether oxygens (including phenoxy) is 2.